The van der Waals surface area contributed by atoms with Gasteiger partial charge in [0.15, 0.2) is 8.77 Å². The molecule has 0 aliphatic carbocycles. The van der Waals surface area contributed by atoms with E-state index in [1.807, 2.05) is 0 Å². The lowest BCUT2D eigenvalue weighted by Crippen LogP contribution is -2.12. The standard InChI is InChI=1S/C2H4O4S2/c3-2(4)1-8(5,6)7/h1H2,(H,3,4)(H,5,6,7). The van der Waals surface area contributed by atoms with Gasteiger partial charge in [-0.15, -0.1) is 0 Å². The molecule has 2 N–H and O–H groups in total. The minimum absolute atomic E-state index is 0.859. The Labute approximate surface area is 51.0 Å². The van der Waals surface area contributed by atoms with E-state index in [0.717, 1.165) is 0 Å². The van der Waals surface area contributed by atoms with Gasteiger partial charge in [-0.2, -0.15) is 0 Å². The lowest BCUT2D eigenvalue weighted by atomic mass is 10.8. The zero-order valence-corrected chi connectivity index (χ0v) is 5.37. The van der Waals surface area contributed by atoms with E-state index in [2.05, 4.69) is 11.2 Å². The smallest absolute Gasteiger partial charge is 0.318 e. The van der Waals surface area contributed by atoms with Crippen molar-refractivity contribution in [2.24, 2.45) is 0 Å². The Bertz CT molecular complexity index is 178. The Morgan fingerprint density at radius 3 is 2.12 bits per heavy atom. The van der Waals surface area contributed by atoms with Crippen molar-refractivity contribution in [3.05, 3.63) is 0 Å². The predicted molar refractivity (Wildman–Crippen MR) is 30.6 cm³/mol. The monoisotopic (exact) mass is 156 g/mol. The van der Waals surface area contributed by atoms with E-state index in [4.69, 9.17) is 9.66 Å². The van der Waals surface area contributed by atoms with Gasteiger partial charge in [-0.3, -0.25) is 4.79 Å². The van der Waals surface area contributed by atoms with E-state index >= 15 is 0 Å². The van der Waals surface area contributed by atoms with E-state index in [1.165, 1.54) is 0 Å². The van der Waals surface area contributed by atoms with Gasteiger partial charge in [0.25, 0.3) is 0 Å². The lowest BCUT2D eigenvalue weighted by Gasteiger charge is -1.88. The third-order valence-corrected chi connectivity index (χ3v) is 1.27. The highest BCUT2D eigenvalue weighted by Crippen LogP contribution is 1.80. The molecule has 48 valence electrons. The van der Waals surface area contributed by atoms with Crippen LogP contribution in [0.15, 0.2) is 0 Å². The van der Waals surface area contributed by atoms with E-state index in [0.29, 0.717) is 0 Å². The molecule has 8 heavy (non-hydrogen) atoms. The Morgan fingerprint density at radius 1 is 1.75 bits per heavy atom. The van der Waals surface area contributed by atoms with E-state index in [9.17, 15) is 9.00 Å². The van der Waals surface area contributed by atoms with Crippen LogP contribution < -0.4 is 0 Å². The summed E-state index contributed by atoms with van der Waals surface area (Å²) in [5, 5.41) is 7.84. The van der Waals surface area contributed by atoms with Gasteiger partial charge in [-0.25, -0.2) is 4.21 Å². The van der Waals surface area contributed by atoms with E-state index in [1.54, 1.807) is 0 Å². The molecule has 0 aromatic heterocycles. The number of aliphatic carboxylic acids is 1. The SMILES string of the molecule is O=C(O)CS(=O)(O)=S. The van der Waals surface area contributed by atoms with Crippen LogP contribution in [0.25, 0.3) is 0 Å². The molecule has 0 saturated carbocycles. The number of carbonyl (C=O) groups is 1. The molecule has 0 aromatic rings. The van der Waals surface area contributed by atoms with Crippen molar-refractivity contribution in [2.45, 2.75) is 0 Å². The molecular formula is C2H4O4S2. The second-order valence-electron chi connectivity index (χ2n) is 1.12. The molecule has 0 aromatic carbocycles. The highest BCUT2D eigenvalue weighted by atomic mass is 32.8. The zero-order valence-electron chi connectivity index (χ0n) is 3.73. The van der Waals surface area contributed by atoms with Crippen molar-refractivity contribution in [2.75, 3.05) is 5.75 Å². The van der Waals surface area contributed by atoms with Crippen molar-refractivity contribution in [3.8, 4) is 0 Å². The summed E-state index contributed by atoms with van der Waals surface area (Å²) >= 11 is 3.86. The maximum absolute atomic E-state index is 9.99. The summed E-state index contributed by atoms with van der Waals surface area (Å²) in [5.41, 5.74) is 0. The molecule has 0 heterocycles. The first-order valence-corrected chi connectivity index (χ1v) is 4.20. The van der Waals surface area contributed by atoms with Crippen LogP contribution in [0.2, 0.25) is 0 Å². The molecule has 0 aliphatic heterocycles. The number of hydrogen-bond acceptors (Lipinski definition) is 3. The first-order chi connectivity index (χ1) is 3.42. The molecule has 1 unspecified atom stereocenters. The number of hydrogen-bond donors (Lipinski definition) is 2. The van der Waals surface area contributed by atoms with E-state index in [-0.39, 0.29) is 0 Å². The van der Waals surface area contributed by atoms with Crippen LogP contribution >= 0.6 is 0 Å². The summed E-state index contributed by atoms with van der Waals surface area (Å²) in [6.45, 7) is 0. The number of carboxylic acids is 1. The van der Waals surface area contributed by atoms with Gasteiger partial charge in [0, 0.05) is 11.2 Å². The third-order valence-electron chi connectivity index (χ3n) is 0.306. The second kappa shape index (κ2) is 2.38. The zero-order chi connectivity index (χ0) is 6.78. The quantitative estimate of drug-likeness (QED) is 0.552. The summed E-state index contributed by atoms with van der Waals surface area (Å²) in [7, 11) is -3.49. The van der Waals surface area contributed by atoms with Crippen LogP contribution in [0.5, 0.6) is 0 Å². The largest absolute Gasteiger partial charge is 0.480 e. The Balaban J connectivity index is 3.95. The molecule has 0 saturated heterocycles. The fourth-order valence-electron chi connectivity index (χ4n) is 0.156. The summed E-state index contributed by atoms with van der Waals surface area (Å²) in [6.07, 6.45) is 0. The average Bonchev–Trinajstić information content (AvgIpc) is 1.21. The fraction of sp³-hybridized carbons (Fsp3) is 0.500. The highest BCUT2D eigenvalue weighted by Gasteiger charge is 2.05. The maximum atomic E-state index is 9.99. The van der Waals surface area contributed by atoms with Gasteiger partial charge in [0.05, 0.1) is 0 Å². The molecule has 6 heteroatoms. The average molecular weight is 156 g/mol. The summed E-state index contributed by atoms with van der Waals surface area (Å²) in [4.78, 5) is 9.61. The summed E-state index contributed by atoms with van der Waals surface area (Å²) < 4.78 is 18.1. The molecule has 4 nitrogen and oxygen atoms in total. The topological polar surface area (TPSA) is 74.6 Å². The van der Waals surface area contributed by atoms with Crippen LogP contribution in [-0.2, 0) is 24.8 Å². The van der Waals surface area contributed by atoms with Gasteiger partial charge < -0.3 is 9.66 Å². The molecule has 0 rings (SSSR count). The third kappa shape index (κ3) is 5.80. The molecule has 0 bridgehead atoms. The Kier molecular flexibility index (Phi) is 2.32. The highest BCUT2D eigenvalue weighted by molar-refractivity contribution is 8.30. The van der Waals surface area contributed by atoms with Gasteiger partial charge in [0.1, 0.15) is 5.75 Å². The second-order valence-corrected chi connectivity index (χ2v) is 4.14. The van der Waals surface area contributed by atoms with Gasteiger partial charge in [0.2, 0.25) is 0 Å². The first-order valence-electron chi connectivity index (χ1n) is 1.59. The summed E-state index contributed by atoms with van der Waals surface area (Å²) in [5.74, 6) is -2.21. The first kappa shape index (κ1) is 7.80. The molecule has 0 spiro atoms. The van der Waals surface area contributed by atoms with Crippen molar-refractivity contribution in [3.63, 3.8) is 0 Å². The molecular weight excluding hydrogens is 152 g/mol. The van der Waals surface area contributed by atoms with Gasteiger partial charge >= 0.3 is 5.97 Å². The number of rotatable bonds is 2. The predicted octanol–water partition coefficient (Wildman–Crippen LogP) is -0.710. The fourth-order valence-corrected chi connectivity index (χ4v) is 0.771. The molecule has 1 atom stereocenters. The van der Waals surface area contributed by atoms with Gasteiger partial charge in [-0.1, -0.05) is 0 Å². The van der Waals surface area contributed by atoms with Crippen molar-refractivity contribution in [1.82, 2.24) is 0 Å². The maximum Gasteiger partial charge on any atom is 0.318 e. The van der Waals surface area contributed by atoms with Crippen LogP contribution in [0.1, 0.15) is 0 Å². The Morgan fingerprint density at radius 2 is 2.12 bits per heavy atom. The number of carboxylic acid groups (broad SMARTS) is 1. The van der Waals surface area contributed by atoms with Crippen molar-refractivity contribution >= 4 is 25.9 Å². The van der Waals surface area contributed by atoms with E-state index < -0.39 is 20.5 Å². The lowest BCUT2D eigenvalue weighted by molar-refractivity contribution is -0.134. The van der Waals surface area contributed by atoms with Crippen LogP contribution in [-0.4, -0.2) is 25.6 Å². The van der Waals surface area contributed by atoms with Crippen LogP contribution in [0.4, 0.5) is 0 Å². The van der Waals surface area contributed by atoms with Gasteiger partial charge in [-0.05, 0) is 0 Å². The van der Waals surface area contributed by atoms with Crippen LogP contribution in [0.3, 0.4) is 0 Å². The minimum Gasteiger partial charge on any atom is -0.480 e. The minimum atomic E-state index is -3.49. The Hall–Kier alpha value is -0.200. The molecule has 0 fully saturated rings. The van der Waals surface area contributed by atoms with Crippen molar-refractivity contribution < 1.29 is 18.7 Å². The van der Waals surface area contributed by atoms with Crippen molar-refractivity contribution in [1.29, 1.82) is 0 Å². The molecule has 0 aliphatic rings. The molecule has 0 amide bonds. The summed E-state index contributed by atoms with van der Waals surface area (Å²) in [6, 6.07) is 0. The van der Waals surface area contributed by atoms with Crippen LogP contribution in [0, 0.1) is 0 Å². The normalized spacial score (nSPS) is 17.1. The molecule has 0 radical (unpaired) electrons.